The molecule has 1 unspecified atom stereocenters. The second-order valence-corrected chi connectivity index (χ2v) is 8.11. The smallest absolute Gasteiger partial charge is 0.336 e. The van der Waals surface area contributed by atoms with E-state index in [-0.39, 0.29) is 0 Å². The molecular formula is C22H43NO7. The first kappa shape index (κ1) is 30.5. The Morgan fingerprint density at radius 2 is 1.07 bits per heavy atom. The summed E-state index contributed by atoms with van der Waals surface area (Å²) in [4.78, 5) is 30.3. The molecule has 0 fully saturated rings. The van der Waals surface area contributed by atoms with E-state index in [9.17, 15) is 19.5 Å². The summed E-state index contributed by atoms with van der Waals surface area (Å²) in [7, 11) is 0. The highest BCUT2D eigenvalue weighted by Gasteiger charge is 2.38. The van der Waals surface area contributed by atoms with Gasteiger partial charge < -0.3 is 29.7 Å². The standard InChI is InChI=1S/C16H36N.C6H8O7/c1-5-9-13-17(14-10-6-2,15-11-7-3)16-12-8-4;7-3(8)1-6(13,5(11)12)2-4(9)10/h5-16H2,1-4H3;13H,1-2H2,(H,7,8)(H,9,10)(H,11,12)/q+1;/p-1. The van der Waals surface area contributed by atoms with Crippen molar-refractivity contribution in [2.45, 2.75) is 97.5 Å². The molecule has 0 heterocycles. The third-order valence-corrected chi connectivity index (χ3v) is 5.22. The summed E-state index contributed by atoms with van der Waals surface area (Å²) in [6.45, 7) is 15.0. The van der Waals surface area contributed by atoms with Crippen molar-refractivity contribution < 1.29 is 39.3 Å². The molecule has 0 aliphatic carbocycles. The molecule has 0 aromatic rings. The molecule has 8 nitrogen and oxygen atoms in total. The Kier molecular flexibility index (Phi) is 17.4. The third kappa shape index (κ3) is 14.3. The van der Waals surface area contributed by atoms with Gasteiger partial charge in [0.05, 0.1) is 32.6 Å². The number of carbonyl (C=O) groups is 3. The van der Waals surface area contributed by atoms with Crippen LogP contribution in [0.3, 0.4) is 0 Å². The molecule has 0 amide bonds. The number of unbranched alkanes of at least 4 members (excludes halogenated alkanes) is 4. The highest BCUT2D eigenvalue weighted by atomic mass is 16.4. The number of aliphatic carboxylic acids is 3. The zero-order chi connectivity index (χ0) is 23.6. The highest BCUT2D eigenvalue weighted by molar-refractivity contribution is 5.87. The summed E-state index contributed by atoms with van der Waals surface area (Å²) in [5, 5.41) is 35.5. The van der Waals surface area contributed by atoms with E-state index in [0.29, 0.717) is 0 Å². The summed E-state index contributed by atoms with van der Waals surface area (Å²) >= 11 is 0. The fourth-order valence-corrected chi connectivity index (χ4v) is 3.35. The largest absolute Gasteiger partial charge is 0.550 e. The maximum absolute atomic E-state index is 10.3. The first-order valence-corrected chi connectivity index (χ1v) is 11.2. The van der Waals surface area contributed by atoms with E-state index in [2.05, 4.69) is 27.7 Å². The Hall–Kier alpha value is -1.67. The van der Waals surface area contributed by atoms with Crippen LogP contribution in [0.5, 0.6) is 0 Å². The Morgan fingerprint density at radius 3 is 1.27 bits per heavy atom. The monoisotopic (exact) mass is 433 g/mol. The molecule has 3 N–H and O–H groups in total. The number of aliphatic hydroxyl groups is 1. The van der Waals surface area contributed by atoms with E-state index < -0.39 is 36.4 Å². The second kappa shape index (κ2) is 17.1. The maximum Gasteiger partial charge on any atom is 0.336 e. The molecule has 8 heteroatoms. The van der Waals surface area contributed by atoms with Gasteiger partial charge in [-0.25, -0.2) is 4.79 Å². The summed E-state index contributed by atoms with van der Waals surface area (Å²) < 4.78 is 1.42. The zero-order valence-corrected chi connectivity index (χ0v) is 19.3. The average molecular weight is 434 g/mol. The van der Waals surface area contributed by atoms with Crippen molar-refractivity contribution in [2.24, 2.45) is 0 Å². The van der Waals surface area contributed by atoms with Crippen LogP contribution in [0.4, 0.5) is 0 Å². The fraction of sp³-hybridized carbons (Fsp3) is 0.864. The van der Waals surface area contributed by atoms with E-state index in [0.717, 1.165) is 0 Å². The molecule has 1 atom stereocenters. The summed E-state index contributed by atoms with van der Waals surface area (Å²) in [6, 6.07) is 0. The number of hydrogen-bond acceptors (Lipinski definition) is 5. The van der Waals surface area contributed by atoms with Crippen LogP contribution < -0.4 is 5.11 Å². The van der Waals surface area contributed by atoms with Gasteiger partial charge in [-0.2, -0.15) is 0 Å². The van der Waals surface area contributed by atoms with Crippen molar-refractivity contribution in [1.29, 1.82) is 0 Å². The molecule has 0 aliphatic heterocycles. The topological polar surface area (TPSA) is 135 Å². The normalized spacial score (nSPS) is 13.1. The lowest BCUT2D eigenvalue weighted by atomic mass is 9.96. The van der Waals surface area contributed by atoms with Crippen LogP contribution in [0.2, 0.25) is 0 Å². The van der Waals surface area contributed by atoms with E-state index in [1.54, 1.807) is 0 Å². The number of hydrogen-bond donors (Lipinski definition) is 3. The molecule has 0 bridgehead atoms. The average Bonchev–Trinajstić information content (AvgIpc) is 2.66. The lowest BCUT2D eigenvalue weighted by Gasteiger charge is -2.39. The van der Waals surface area contributed by atoms with E-state index in [1.807, 2.05) is 0 Å². The SMILES string of the molecule is CCCC[N+](CCCC)(CCCC)CCCC.O=C([O-])CC(O)(CC(=O)O)C(=O)O. The van der Waals surface area contributed by atoms with E-state index >= 15 is 0 Å². The van der Waals surface area contributed by atoms with Crippen LogP contribution in [0.15, 0.2) is 0 Å². The third-order valence-electron chi connectivity index (χ3n) is 5.22. The van der Waals surface area contributed by atoms with Gasteiger partial charge in [-0.05, 0) is 25.7 Å². The molecule has 0 rings (SSSR count). The van der Waals surface area contributed by atoms with Crippen molar-refractivity contribution in [3.63, 3.8) is 0 Å². The molecular weight excluding hydrogens is 390 g/mol. The number of quaternary nitrogens is 1. The molecule has 0 saturated heterocycles. The van der Waals surface area contributed by atoms with Crippen LogP contribution in [-0.4, -0.2) is 69.5 Å². The number of nitrogens with zero attached hydrogens (tertiary/aromatic N) is 1. The Bertz CT molecular complexity index is 440. The van der Waals surface area contributed by atoms with Gasteiger partial charge >= 0.3 is 11.9 Å². The molecule has 178 valence electrons. The van der Waals surface area contributed by atoms with Gasteiger partial charge in [0.2, 0.25) is 0 Å². The highest BCUT2D eigenvalue weighted by Crippen LogP contribution is 2.17. The van der Waals surface area contributed by atoms with Gasteiger partial charge in [-0.1, -0.05) is 53.4 Å². The lowest BCUT2D eigenvalue weighted by molar-refractivity contribution is -0.929. The summed E-state index contributed by atoms with van der Waals surface area (Å²) in [6.07, 6.45) is 8.62. The Labute approximate surface area is 181 Å². The minimum atomic E-state index is -2.80. The molecule has 0 aromatic carbocycles. The fourth-order valence-electron chi connectivity index (χ4n) is 3.35. The van der Waals surface area contributed by atoms with Gasteiger partial charge in [-0.3, -0.25) is 4.79 Å². The Balaban J connectivity index is 0. The molecule has 0 radical (unpaired) electrons. The van der Waals surface area contributed by atoms with Gasteiger partial charge in [0.1, 0.15) is 0 Å². The predicted octanol–water partition coefficient (Wildman–Crippen LogP) is 2.42. The van der Waals surface area contributed by atoms with Crippen LogP contribution in [0, 0.1) is 0 Å². The molecule has 0 aromatic heterocycles. The van der Waals surface area contributed by atoms with E-state index in [1.165, 1.54) is 82.0 Å². The van der Waals surface area contributed by atoms with Crippen molar-refractivity contribution >= 4 is 17.9 Å². The quantitative estimate of drug-likeness (QED) is 0.300. The van der Waals surface area contributed by atoms with Crippen molar-refractivity contribution in [3.05, 3.63) is 0 Å². The summed E-state index contributed by atoms with van der Waals surface area (Å²) in [5.41, 5.74) is -2.80. The van der Waals surface area contributed by atoms with Crippen molar-refractivity contribution in [1.82, 2.24) is 0 Å². The van der Waals surface area contributed by atoms with Crippen molar-refractivity contribution in [3.8, 4) is 0 Å². The van der Waals surface area contributed by atoms with Gasteiger partial charge in [0.15, 0.2) is 5.60 Å². The van der Waals surface area contributed by atoms with Crippen LogP contribution >= 0.6 is 0 Å². The maximum atomic E-state index is 10.3. The number of rotatable bonds is 17. The van der Waals surface area contributed by atoms with Gasteiger partial charge in [0, 0.05) is 12.4 Å². The Morgan fingerprint density at radius 1 is 0.733 bits per heavy atom. The molecule has 0 aliphatic rings. The lowest BCUT2D eigenvalue weighted by Crippen LogP contribution is -2.50. The second-order valence-electron chi connectivity index (χ2n) is 8.11. The molecule has 30 heavy (non-hydrogen) atoms. The van der Waals surface area contributed by atoms with Crippen LogP contribution in [0.25, 0.3) is 0 Å². The van der Waals surface area contributed by atoms with E-state index in [4.69, 9.17) is 15.3 Å². The number of carboxylic acids is 3. The van der Waals surface area contributed by atoms with Crippen LogP contribution in [-0.2, 0) is 14.4 Å². The minimum Gasteiger partial charge on any atom is -0.550 e. The number of carbonyl (C=O) groups excluding carboxylic acids is 1. The number of carboxylic acid groups (broad SMARTS) is 3. The predicted molar refractivity (Wildman–Crippen MR) is 114 cm³/mol. The summed E-state index contributed by atoms with van der Waals surface area (Å²) in [5.74, 6) is -5.34. The van der Waals surface area contributed by atoms with Crippen molar-refractivity contribution in [2.75, 3.05) is 26.2 Å². The van der Waals surface area contributed by atoms with Crippen LogP contribution in [0.1, 0.15) is 91.9 Å². The first-order valence-electron chi connectivity index (χ1n) is 11.2. The minimum absolute atomic E-state index is 1.18. The zero-order valence-electron chi connectivity index (χ0n) is 19.3. The van der Waals surface area contributed by atoms with Gasteiger partial charge in [0.25, 0.3) is 0 Å². The van der Waals surface area contributed by atoms with Gasteiger partial charge in [-0.15, -0.1) is 0 Å². The first-order chi connectivity index (χ1) is 14.0. The molecule has 0 saturated carbocycles. The molecule has 0 spiro atoms.